The van der Waals surface area contributed by atoms with Crippen LogP contribution in [0.25, 0.3) is 5.52 Å². The summed E-state index contributed by atoms with van der Waals surface area (Å²) < 4.78 is 23.2. The molecule has 4 rings (SSSR count). The summed E-state index contributed by atoms with van der Waals surface area (Å²) in [4.78, 5) is 22.1. The number of ether oxygens (including phenoxy) is 1. The van der Waals surface area contributed by atoms with Gasteiger partial charge in [-0.2, -0.15) is 40.5 Å². The minimum atomic E-state index is -0.845. The summed E-state index contributed by atoms with van der Waals surface area (Å²) in [6.07, 6.45) is 4.16. The highest BCUT2D eigenvalue weighted by atomic mass is 35.5. The molecule has 0 saturated heterocycles. The van der Waals surface area contributed by atoms with E-state index in [0.717, 1.165) is 0 Å². The summed E-state index contributed by atoms with van der Waals surface area (Å²) in [7, 11) is 0. The lowest BCUT2D eigenvalue weighted by Gasteiger charge is -2.23. The van der Waals surface area contributed by atoms with E-state index in [1.807, 2.05) is 18.2 Å². The number of aromatic nitrogens is 3. The van der Waals surface area contributed by atoms with Gasteiger partial charge in [0.1, 0.15) is 28.5 Å². The number of carbonyl (C=O) groups is 1. The standard InChI is InChI=1S/C24H29ClFN5O3.3H2S/c1-11(2)34-21-16(12(3)23-29-13(4)20-22(27)28-7-8-31(20)23)10-17(25)19(26)18(21)24(33)30-14-5-6-15(32)9-14;;;/h7-8,10-12,14-15,32H,5-6,9H2,1-4H3,(H2,27,28)(H,30,33);3*1H2/t12-,14-,15-;;;/m0.../s1. The van der Waals surface area contributed by atoms with Gasteiger partial charge in [-0.3, -0.25) is 9.20 Å². The van der Waals surface area contributed by atoms with Crippen LogP contribution < -0.4 is 15.8 Å². The Labute approximate surface area is 241 Å². The van der Waals surface area contributed by atoms with Crippen molar-refractivity contribution >= 4 is 69.3 Å². The number of hydrogen-bond acceptors (Lipinski definition) is 6. The van der Waals surface area contributed by atoms with E-state index < -0.39 is 23.7 Å². The SMILES string of the molecule is Cc1nc([C@@H](C)c2cc(Cl)c(F)c(C(=O)N[C@H]3CC[C@H](O)C3)c2OC(C)C)n2ccnc(N)c12.S.S.S. The third-order valence-electron chi connectivity index (χ3n) is 6.16. The van der Waals surface area contributed by atoms with Crippen molar-refractivity contribution in [1.29, 1.82) is 0 Å². The number of amides is 1. The second kappa shape index (κ2) is 13.3. The Hall–Kier alpha value is -1.86. The number of imidazole rings is 1. The number of halogens is 2. The van der Waals surface area contributed by atoms with Gasteiger partial charge in [0.15, 0.2) is 5.82 Å². The third kappa shape index (κ3) is 6.59. The van der Waals surface area contributed by atoms with Crippen molar-refractivity contribution in [3.05, 3.63) is 51.9 Å². The topological polar surface area (TPSA) is 115 Å². The van der Waals surface area contributed by atoms with Crippen LogP contribution in [0.5, 0.6) is 5.75 Å². The molecule has 1 fully saturated rings. The van der Waals surface area contributed by atoms with Gasteiger partial charge in [-0.1, -0.05) is 18.5 Å². The molecule has 0 unspecified atom stereocenters. The van der Waals surface area contributed by atoms with E-state index in [2.05, 4.69) is 15.3 Å². The van der Waals surface area contributed by atoms with Crippen molar-refractivity contribution in [2.45, 2.75) is 71.1 Å². The molecular formula is C24H35ClFN5O3S3. The fraction of sp³-hybridized carbons (Fsp3) is 0.458. The Morgan fingerprint density at radius 1 is 1.30 bits per heavy atom. The predicted octanol–water partition coefficient (Wildman–Crippen LogP) is 4.33. The molecule has 0 bridgehead atoms. The summed E-state index contributed by atoms with van der Waals surface area (Å²) in [5.74, 6) is -0.794. The summed E-state index contributed by atoms with van der Waals surface area (Å²) in [5.41, 5.74) is 7.72. The number of rotatable bonds is 6. The number of nitrogens with zero attached hydrogens (tertiary/aromatic N) is 3. The average Bonchev–Trinajstić information content (AvgIpc) is 3.33. The zero-order valence-electron chi connectivity index (χ0n) is 21.1. The average molecular weight is 592 g/mol. The van der Waals surface area contributed by atoms with Gasteiger partial charge in [0.25, 0.3) is 5.91 Å². The summed E-state index contributed by atoms with van der Waals surface area (Å²) >= 11 is 6.28. The van der Waals surface area contributed by atoms with Crippen molar-refractivity contribution in [3.8, 4) is 5.75 Å². The molecule has 2 aromatic heterocycles. The Morgan fingerprint density at radius 3 is 2.57 bits per heavy atom. The molecule has 37 heavy (non-hydrogen) atoms. The van der Waals surface area contributed by atoms with Crippen LogP contribution in [0.15, 0.2) is 18.5 Å². The minimum Gasteiger partial charge on any atom is -0.490 e. The number of anilines is 1. The molecule has 0 aliphatic heterocycles. The van der Waals surface area contributed by atoms with Crippen molar-refractivity contribution in [3.63, 3.8) is 0 Å². The van der Waals surface area contributed by atoms with Gasteiger partial charge in [-0.05, 0) is 46.1 Å². The predicted molar refractivity (Wildman–Crippen MR) is 159 cm³/mol. The molecule has 3 atom stereocenters. The molecule has 1 saturated carbocycles. The molecule has 0 spiro atoms. The van der Waals surface area contributed by atoms with E-state index in [0.29, 0.717) is 47.7 Å². The summed E-state index contributed by atoms with van der Waals surface area (Å²) in [5, 5.41) is 12.5. The number of fused-ring (bicyclic) bond motifs is 1. The quantitative estimate of drug-likeness (QED) is 0.393. The number of benzene rings is 1. The van der Waals surface area contributed by atoms with Crippen LogP contribution in [0.2, 0.25) is 5.02 Å². The smallest absolute Gasteiger partial charge is 0.258 e. The Balaban J connectivity index is 0.00000228. The lowest BCUT2D eigenvalue weighted by Crippen LogP contribution is -2.34. The first-order chi connectivity index (χ1) is 16.1. The monoisotopic (exact) mass is 591 g/mol. The van der Waals surface area contributed by atoms with Crippen LogP contribution in [-0.4, -0.2) is 43.6 Å². The van der Waals surface area contributed by atoms with Gasteiger partial charge < -0.3 is 20.9 Å². The van der Waals surface area contributed by atoms with Crippen molar-refractivity contribution in [2.24, 2.45) is 0 Å². The van der Waals surface area contributed by atoms with Crippen LogP contribution in [-0.2, 0) is 0 Å². The van der Waals surface area contributed by atoms with E-state index in [9.17, 15) is 9.90 Å². The Morgan fingerprint density at radius 2 is 1.97 bits per heavy atom. The summed E-state index contributed by atoms with van der Waals surface area (Å²) in [6, 6.07) is 1.24. The lowest BCUT2D eigenvalue weighted by molar-refractivity contribution is 0.0923. The lowest BCUT2D eigenvalue weighted by atomic mass is 9.95. The van der Waals surface area contributed by atoms with Crippen LogP contribution in [0.3, 0.4) is 0 Å². The largest absolute Gasteiger partial charge is 0.490 e. The zero-order chi connectivity index (χ0) is 24.7. The maximum atomic E-state index is 15.3. The second-order valence-corrected chi connectivity index (χ2v) is 9.48. The zero-order valence-corrected chi connectivity index (χ0v) is 24.9. The number of aliphatic hydroxyl groups is 1. The van der Waals surface area contributed by atoms with Gasteiger partial charge in [0, 0.05) is 29.9 Å². The molecule has 3 aromatic rings. The number of aryl methyl sites for hydroxylation is 1. The van der Waals surface area contributed by atoms with E-state index in [1.54, 1.807) is 26.2 Å². The highest BCUT2D eigenvalue weighted by Gasteiger charge is 2.32. The fourth-order valence-electron chi connectivity index (χ4n) is 4.58. The molecule has 206 valence electrons. The van der Waals surface area contributed by atoms with E-state index in [1.165, 1.54) is 6.07 Å². The van der Waals surface area contributed by atoms with Crippen LogP contribution >= 0.6 is 52.1 Å². The molecule has 4 N–H and O–H groups in total. The minimum absolute atomic E-state index is 0. The fourth-order valence-corrected chi connectivity index (χ4v) is 4.79. The number of aliphatic hydroxyl groups excluding tert-OH is 1. The molecule has 1 aliphatic carbocycles. The van der Waals surface area contributed by atoms with E-state index in [4.69, 9.17) is 22.1 Å². The molecule has 8 nitrogen and oxygen atoms in total. The van der Waals surface area contributed by atoms with Crippen LogP contribution in [0, 0.1) is 12.7 Å². The maximum Gasteiger partial charge on any atom is 0.258 e. The van der Waals surface area contributed by atoms with E-state index in [-0.39, 0.29) is 69.0 Å². The first-order valence-electron chi connectivity index (χ1n) is 11.3. The second-order valence-electron chi connectivity index (χ2n) is 9.08. The molecule has 0 radical (unpaired) electrons. The third-order valence-corrected chi connectivity index (χ3v) is 6.43. The van der Waals surface area contributed by atoms with Gasteiger partial charge in [0.05, 0.1) is 22.9 Å². The highest BCUT2D eigenvalue weighted by Crippen LogP contribution is 2.40. The Bertz CT molecular complexity index is 1260. The van der Waals surface area contributed by atoms with Gasteiger partial charge in [-0.25, -0.2) is 14.4 Å². The first kappa shape index (κ1) is 33.2. The number of nitrogens with two attached hydrogens (primary N) is 1. The molecule has 1 amide bonds. The number of nitrogens with one attached hydrogen (secondary N) is 1. The molecule has 1 aromatic carbocycles. The molecular weight excluding hydrogens is 557 g/mol. The van der Waals surface area contributed by atoms with Gasteiger partial charge in [-0.15, -0.1) is 0 Å². The molecule has 1 aliphatic rings. The van der Waals surface area contributed by atoms with Crippen LogP contribution in [0.1, 0.15) is 73.4 Å². The maximum absolute atomic E-state index is 15.3. The van der Waals surface area contributed by atoms with Gasteiger partial charge >= 0.3 is 0 Å². The van der Waals surface area contributed by atoms with Crippen molar-refractivity contribution in [1.82, 2.24) is 19.7 Å². The molecule has 13 heteroatoms. The van der Waals surface area contributed by atoms with E-state index >= 15 is 4.39 Å². The van der Waals surface area contributed by atoms with Crippen molar-refractivity contribution in [2.75, 3.05) is 5.73 Å². The van der Waals surface area contributed by atoms with Gasteiger partial charge in [0.2, 0.25) is 0 Å². The normalized spacial score (nSPS) is 17.5. The summed E-state index contributed by atoms with van der Waals surface area (Å²) in [6.45, 7) is 7.33. The molecule has 2 heterocycles. The number of hydrogen-bond donors (Lipinski definition) is 3. The number of carbonyl (C=O) groups excluding carboxylic acids is 1. The number of nitrogen functional groups attached to an aromatic ring is 1. The van der Waals surface area contributed by atoms with Crippen molar-refractivity contribution < 1.29 is 19.0 Å². The Kier molecular flexibility index (Phi) is 11.9. The van der Waals surface area contributed by atoms with Crippen LogP contribution in [0.4, 0.5) is 10.2 Å². The first-order valence-corrected chi connectivity index (χ1v) is 11.7. The highest BCUT2D eigenvalue weighted by molar-refractivity contribution is 7.59.